The molecule has 0 rings (SSSR count). The summed E-state index contributed by atoms with van der Waals surface area (Å²) in [5.41, 5.74) is 0. The number of aliphatic hydroxyl groups excluding tert-OH is 1. The maximum atomic E-state index is 12.0. The van der Waals surface area contributed by atoms with Gasteiger partial charge in [0.15, 0.2) is 0 Å². The van der Waals surface area contributed by atoms with Gasteiger partial charge in [-0.15, -0.1) is 0 Å². The molecule has 0 heterocycles. The molecule has 0 radical (unpaired) electrons. The zero-order valence-electron chi connectivity index (χ0n) is 11.3. The number of nitrogens with zero attached hydrogens (tertiary/aromatic N) is 2. The third-order valence-corrected chi connectivity index (χ3v) is 2.34. The largest absolute Gasteiger partial charge is 0.480 e. The van der Waals surface area contributed by atoms with Crippen LogP contribution < -0.4 is 0 Å². The number of carboxylic acids is 1. The van der Waals surface area contributed by atoms with Gasteiger partial charge >= 0.3 is 12.0 Å². The molecule has 106 valence electrons. The molecule has 2 N–H and O–H groups in total. The highest BCUT2D eigenvalue weighted by Gasteiger charge is 2.24. The van der Waals surface area contributed by atoms with Crippen molar-refractivity contribution >= 4 is 12.0 Å². The first-order valence-electron chi connectivity index (χ1n) is 5.70. The van der Waals surface area contributed by atoms with Crippen molar-refractivity contribution in [2.45, 2.75) is 26.0 Å². The minimum Gasteiger partial charge on any atom is -0.480 e. The van der Waals surface area contributed by atoms with Crippen molar-refractivity contribution in [2.24, 2.45) is 0 Å². The first kappa shape index (κ1) is 16.7. The van der Waals surface area contributed by atoms with Gasteiger partial charge in [-0.3, -0.25) is 4.79 Å². The van der Waals surface area contributed by atoms with Crippen LogP contribution in [0.1, 0.15) is 13.8 Å². The number of carbonyl (C=O) groups is 2. The second kappa shape index (κ2) is 7.88. The minimum absolute atomic E-state index is 0.0928. The van der Waals surface area contributed by atoms with Gasteiger partial charge in [-0.05, 0) is 13.8 Å². The third-order valence-electron chi connectivity index (χ3n) is 2.34. The summed E-state index contributed by atoms with van der Waals surface area (Å²) in [6, 6.07) is -0.654. The van der Waals surface area contributed by atoms with Crippen LogP contribution in [-0.4, -0.2) is 78.0 Å². The van der Waals surface area contributed by atoms with Crippen LogP contribution in [0.5, 0.6) is 0 Å². The van der Waals surface area contributed by atoms with Crippen LogP contribution >= 0.6 is 0 Å². The smallest absolute Gasteiger partial charge is 0.323 e. The fourth-order valence-corrected chi connectivity index (χ4v) is 1.48. The summed E-state index contributed by atoms with van der Waals surface area (Å²) in [4.78, 5) is 25.2. The topological polar surface area (TPSA) is 90.3 Å². The molecule has 1 atom stereocenters. The molecule has 0 saturated heterocycles. The van der Waals surface area contributed by atoms with Crippen molar-refractivity contribution in [3.05, 3.63) is 0 Å². The number of hydrogen-bond acceptors (Lipinski definition) is 4. The zero-order chi connectivity index (χ0) is 14.3. The van der Waals surface area contributed by atoms with Gasteiger partial charge in [0.25, 0.3) is 0 Å². The van der Waals surface area contributed by atoms with E-state index in [0.717, 1.165) is 0 Å². The Labute approximate surface area is 107 Å². The van der Waals surface area contributed by atoms with Gasteiger partial charge in [0.1, 0.15) is 6.54 Å². The van der Waals surface area contributed by atoms with Crippen molar-refractivity contribution in [2.75, 3.05) is 33.9 Å². The number of carboxylic acid groups (broad SMARTS) is 1. The molecule has 7 nitrogen and oxygen atoms in total. The van der Waals surface area contributed by atoms with Crippen molar-refractivity contribution in [1.82, 2.24) is 9.80 Å². The molecule has 0 spiro atoms. The number of aliphatic hydroxyl groups is 1. The lowest BCUT2D eigenvalue weighted by Crippen LogP contribution is -2.49. The van der Waals surface area contributed by atoms with Gasteiger partial charge in [0.05, 0.1) is 19.3 Å². The number of rotatable bonds is 7. The molecule has 7 heteroatoms. The number of urea groups is 1. The Morgan fingerprint density at radius 2 is 1.89 bits per heavy atom. The average Bonchev–Trinajstić information content (AvgIpc) is 2.24. The number of ether oxygens (including phenoxy) is 1. The first-order valence-corrected chi connectivity index (χ1v) is 5.70. The Balaban J connectivity index is 4.51. The number of methoxy groups -OCH3 is 1. The lowest BCUT2D eigenvalue weighted by Gasteiger charge is -2.30. The number of hydrogen-bond donors (Lipinski definition) is 2. The Morgan fingerprint density at radius 1 is 1.33 bits per heavy atom. The summed E-state index contributed by atoms with van der Waals surface area (Å²) in [5, 5.41) is 18.3. The maximum Gasteiger partial charge on any atom is 0.323 e. The summed E-state index contributed by atoms with van der Waals surface area (Å²) in [5.74, 6) is -1.07. The van der Waals surface area contributed by atoms with Crippen molar-refractivity contribution < 1.29 is 24.5 Å². The van der Waals surface area contributed by atoms with Crippen LogP contribution in [0.4, 0.5) is 4.79 Å². The van der Waals surface area contributed by atoms with Crippen LogP contribution in [0, 0.1) is 0 Å². The van der Waals surface area contributed by atoms with Gasteiger partial charge in [0.2, 0.25) is 0 Å². The van der Waals surface area contributed by atoms with Crippen molar-refractivity contribution in [3.63, 3.8) is 0 Å². The van der Waals surface area contributed by atoms with E-state index in [1.54, 1.807) is 13.8 Å². The molecular formula is C11H22N2O5. The fraction of sp³-hybridized carbons (Fsp3) is 0.818. The average molecular weight is 262 g/mol. The lowest BCUT2D eigenvalue weighted by molar-refractivity contribution is -0.138. The zero-order valence-corrected chi connectivity index (χ0v) is 11.3. The molecule has 0 saturated carbocycles. The Morgan fingerprint density at radius 3 is 2.28 bits per heavy atom. The van der Waals surface area contributed by atoms with Crippen LogP contribution in [0.15, 0.2) is 0 Å². The van der Waals surface area contributed by atoms with E-state index in [1.165, 1.54) is 24.0 Å². The summed E-state index contributed by atoms with van der Waals surface area (Å²) in [6.07, 6.45) is -0.789. The van der Waals surface area contributed by atoms with Crippen LogP contribution in [0.25, 0.3) is 0 Å². The summed E-state index contributed by atoms with van der Waals surface area (Å²) >= 11 is 0. The predicted octanol–water partition coefficient (Wildman–Crippen LogP) is -0.159. The maximum absolute atomic E-state index is 12.0. The number of aliphatic carboxylic acids is 1. The highest BCUT2D eigenvalue weighted by atomic mass is 16.5. The van der Waals surface area contributed by atoms with Crippen molar-refractivity contribution in [3.8, 4) is 0 Å². The molecule has 0 aliphatic carbocycles. The third kappa shape index (κ3) is 5.83. The molecule has 0 fully saturated rings. The van der Waals surface area contributed by atoms with E-state index in [4.69, 9.17) is 9.84 Å². The van der Waals surface area contributed by atoms with Gasteiger partial charge < -0.3 is 24.7 Å². The molecule has 1 unspecified atom stereocenters. The van der Waals surface area contributed by atoms with E-state index in [2.05, 4.69) is 0 Å². The van der Waals surface area contributed by atoms with Crippen LogP contribution in [0.3, 0.4) is 0 Å². The summed E-state index contributed by atoms with van der Waals surface area (Å²) < 4.78 is 4.76. The van der Waals surface area contributed by atoms with E-state index in [-0.39, 0.29) is 25.7 Å². The molecule has 18 heavy (non-hydrogen) atoms. The summed E-state index contributed by atoms with van der Waals surface area (Å²) in [6.45, 7) is 3.33. The second-order valence-corrected chi connectivity index (χ2v) is 4.39. The normalized spacial score (nSPS) is 12.3. The molecule has 0 bridgehead atoms. The van der Waals surface area contributed by atoms with Crippen LogP contribution in [0.2, 0.25) is 0 Å². The van der Waals surface area contributed by atoms with Gasteiger partial charge in [0, 0.05) is 20.2 Å². The van der Waals surface area contributed by atoms with Gasteiger partial charge in [-0.2, -0.15) is 0 Å². The SMILES string of the molecule is COCC(O)CN(C)C(=O)N(CC(=O)O)C(C)C. The Kier molecular flexibility index (Phi) is 7.30. The standard InChI is InChI=1S/C11H22N2O5/c1-8(2)13(6-10(15)16)11(17)12(3)5-9(14)7-18-4/h8-9,14H,5-7H2,1-4H3,(H,15,16). The highest BCUT2D eigenvalue weighted by Crippen LogP contribution is 2.04. The first-order chi connectivity index (χ1) is 8.29. The Hall–Kier alpha value is -1.34. The van der Waals surface area contributed by atoms with E-state index in [9.17, 15) is 14.7 Å². The van der Waals surface area contributed by atoms with E-state index in [0.29, 0.717) is 0 Å². The second-order valence-electron chi connectivity index (χ2n) is 4.39. The Bertz CT molecular complexity index is 283. The summed E-state index contributed by atoms with van der Waals surface area (Å²) in [7, 11) is 2.97. The molecule has 0 aliphatic rings. The number of amides is 2. The van der Waals surface area contributed by atoms with Crippen molar-refractivity contribution in [1.29, 1.82) is 0 Å². The monoisotopic (exact) mass is 262 g/mol. The molecular weight excluding hydrogens is 240 g/mol. The van der Waals surface area contributed by atoms with E-state index in [1.807, 2.05) is 0 Å². The number of carbonyl (C=O) groups excluding carboxylic acids is 1. The molecule has 0 aliphatic heterocycles. The number of likely N-dealkylation sites (N-methyl/N-ethyl adjacent to an activating group) is 1. The fourth-order valence-electron chi connectivity index (χ4n) is 1.48. The highest BCUT2D eigenvalue weighted by molar-refractivity contribution is 5.80. The van der Waals surface area contributed by atoms with Crippen LogP contribution in [-0.2, 0) is 9.53 Å². The molecule has 0 aromatic heterocycles. The molecule has 0 aromatic rings. The van der Waals surface area contributed by atoms with Gasteiger partial charge in [-0.1, -0.05) is 0 Å². The minimum atomic E-state index is -1.07. The lowest BCUT2D eigenvalue weighted by atomic mass is 10.3. The molecule has 0 aromatic carbocycles. The van der Waals surface area contributed by atoms with E-state index >= 15 is 0 Å². The molecule has 2 amide bonds. The van der Waals surface area contributed by atoms with E-state index < -0.39 is 18.1 Å². The quantitative estimate of drug-likeness (QED) is 0.665. The predicted molar refractivity (Wildman–Crippen MR) is 65.4 cm³/mol. The van der Waals surface area contributed by atoms with Gasteiger partial charge in [-0.25, -0.2) is 4.79 Å².